The summed E-state index contributed by atoms with van der Waals surface area (Å²) in [6, 6.07) is -5.83. The predicted molar refractivity (Wildman–Crippen MR) is 245 cm³/mol. The number of nitrogens with zero attached hydrogens (tertiary/aromatic N) is 3. The van der Waals surface area contributed by atoms with E-state index in [2.05, 4.69) is 29.3 Å². The molecule has 0 unspecified atom stereocenters. The lowest BCUT2D eigenvalue weighted by Crippen LogP contribution is -2.66. The van der Waals surface area contributed by atoms with Crippen molar-refractivity contribution >= 4 is 79.8 Å². The van der Waals surface area contributed by atoms with E-state index >= 15 is 0 Å². The number of carbonyl (C=O) groups is 7. The van der Waals surface area contributed by atoms with Crippen LogP contribution in [0.2, 0.25) is 5.02 Å². The van der Waals surface area contributed by atoms with E-state index in [9.17, 15) is 65.2 Å². The molecule has 2 heterocycles. The van der Waals surface area contributed by atoms with Crippen molar-refractivity contribution < 1.29 is 82.8 Å². The van der Waals surface area contributed by atoms with Crippen molar-refractivity contribution in [2.24, 2.45) is 28.3 Å². The summed E-state index contributed by atoms with van der Waals surface area (Å²) >= 11 is 6.21. The second kappa shape index (κ2) is 25.6. The molecule has 1 aromatic rings. The predicted octanol–water partition coefficient (Wildman–Crippen LogP) is -2.24. The zero-order valence-electron chi connectivity index (χ0n) is 39.1. The number of aliphatic hydroxyl groups excluding tert-OH is 1. The number of piperidine rings is 1. The van der Waals surface area contributed by atoms with Gasteiger partial charge >= 0.3 is 26.8 Å². The van der Waals surface area contributed by atoms with Gasteiger partial charge in [0.1, 0.15) is 60.9 Å². The van der Waals surface area contributed by atoms with Crippen molar-refractivity contribution in [1.82, 2.24) is 31.1 Å². The number of nitrogens with two attached hydrogens (primary N) is 2. The van der Waals surface area contributed by atoms with E-state index in [0.29, 0.717) is 5.56 Å². The van der Waals surface area contributed by atoms with Crippen LogP contribution in [0.1, 0.15) is 78.7 Å². The Balaban J connectivity index is 2.31. The first kappa shape index (κ1) is 58.9. The lowest BCUT2D eigenvalue weighted by Gasteiger charge is -2.44. The van der Waals surface area contributed by atoms with Gasteiger partial charge in [-0.3, -0.25) is 42.9 Å². The number of halogens is 1. The molecule has 0 radical (unpaired) electrons. The van der Waals surface area contributed by atoms with Crippen LogP contribution >= 0.6 is 11.6 Å². The van der Waals surface area contributed by atoms with Crippen LogP contribution in [0.4, 0.5) is 0 Å². The summed E-state index contributed by atoms with van der Waals surface area (Å²) in [5, 5.41) is 31.0. The Bertz CT molecular complexity index is 2340. The molecule has 394 valence electrons. The highest BCUT2D eigenvalue weighted by Crippen LogP contribution is 2.29. The van der Waals surface area contributed by atoms with Crippen molar-refractivity contribution in [3.05, 3.63) is 28.8 Å². The Morgan fingerprint density at radius 1 is 0.957 bits per heavy atom. The number of aliphatic hydroxyl groups is 1. The minimum Gasteiger partial charge on any atom is -0.506 e. The van der Waals surface area contributed by atoms with Gasteiger partial charge in [-0.1, -0.05) is 58.2 Å². The van der Waals surface area contributed by atoms with Gasteiger partial charge in [-0.15, -0.1) is 0 Å². The molecule has 2 saturated heterocycles. The van der Waals surface area contributed by atoms with Crippen LogP contribution in [0.25, 0.3) is 0 Å². The van der Waals surface area contributed by atoms with Gasteiger partial charge in [0.15, 0.2) is 12.1 Å². The summed E-state index contributed by atoms with van der Waals surface area (Å²) in [5.74, 6) is -10.1. The number of fused-ring (bicyclic) bond motifs is 2. The van der Waals surface area contributed by atoms with Crippen molar-refractivity contribution in [3.8, 4) is 5.75 Å². The lowest BCUT2D eigenvalue weighted by molar-refractivity contribution is -0.168. The van der Waals surface area contributed by atoms with Crippen LogP contribution < -0.4 is 32.7 Å². The molecular weight excluding hydrogens is 994 g/mol. The van der Waals surface area contributed by atoms with Gasteiger partial charge in [0.05, 0.1) is 5.02 Å². The van der Waals surface area contributed by atoms with Crippen molar-refractivity contribution in [2.75, 3.05) is 20.2 Å². The van der Waals surface area contributed by atoms with Gasteiger partial charge in [-0.2, -0.15) is 16.8 Å². The highest BCUT2D eigenvalue weighted by Gasteiger charge is 2.47. The third kappa shape index (κ3) is 16.9. The molecule has 3 rings (SSSR count). The number of nitrogens with one attached hydrogen (secondary N) is 4. The standard InChI is InChI=1S/C40H62ClN9O18S2/c1-7-19(3)30-39(59)67-21(5)31(48-35(55)28(68-70(63,64)65)18-66-69(60,61)62)36(56)45-24(10-9-15-44-40(42)43)33(53)46-25-12-14-29(52)50(37(25)57)32(20(4)8-2)38(58)49(6)26(34(54)47-30)17-22-11-13-27(51)23(41)16-22/h11,13,16,19-21,24-26,28-32,51-52H,7-10,12,14-15,17-18H2,1-6H3,(H,45,56)(H,46,53)(H,47,54)(H,48,55)(H4,42,43,44)(H,60,61,62)(H,63,64,65)/t19-,20-,21+,24-,25-,26-,28-,29+,30-,31-,32-/m0/s1. The maximum atomic E-state index is 14.9. The molecule has 30 heteroatoms. The number of benzene rings is 1. The number of rotatable bonds is 17. The van der Waals surface area contributed by atoms with E-state index in [1.807, 2.05) is 5.32 Å². The third-order valence-electron chi connectivity index (χ3n) is 11.8. The van der Waals surface area contributed by atoms with E-state index in [4.69, 9.17) is 32.4 Å². The maximum absolute atomic E-state index is 14.9. The van der Waals surface area contributed by atoms with E-state index in [-0.39, 0.29) is 68.2 Å². The van der Waals surface area contributed by atoms with Crippen LogP contribution in [0.15, 0.2) is 23.2 Å². The number of aromatic hydroxyl groups is 1. The molecule has 2 aliphatic rings. The third-order valence-corrected chi connectivity index (χ3v) is 13.0. The normalized spacial score (nSPS) is 26.0. The van der Waals surface area contributed by atoms with Gasteiger partial charge in [-0.05, 0) is 62.1 Å². The molecule has 2 fully saturated rings. The summed E-state index contributed by atoms with van der Waals surface area (Å²) in [6.45, 7) is 5.89. The molecule has 0 spiro atoms. The van der Waals surface area contributed by atoms with Crippen LogP contribution in [0.5, 0.6) is 5.75 Å². The minimum absolute atomic E-state index is 0.0245. The van der Waals surface area contributed by atoms with Crippen molar-refractivity contribution in [3.63, 3.8) is 0 Å². The topological polar surface area (TPSA) is 415 Å². The zero-order chi connectivity index (χ0) is 53.0. The molecule has 0 saturated carbocycles. The number of hydrogen-bond donors (Lipinski definition) is 10. The first-order valence-corrected chi connectivity index (χ1v) is 25.1. The number of carbonyl (C=O) groups excluding carboxylic acids is 7. The van der Waals surface area contributed by atoms with E-state index in [1.165, 1.54) is 25.2 Å². The van der Waals surface area contributed by atoms with Gasteiger partial charge in [0.25, 0.3) is 5.91 Å². The van der Waals surface area contributed by atoms with Crippen LogP contribution in [0, 0.1) is 11.8 Å². The first-order chi connectivity index (χ1) is 32.5. The van der Waals surface area contributed by atoms with Crippen molar-refractivity contribution in [2.45, 2.75) is 134 Å². The number of esters is 1. The molecule has 70 heavy (non-hydrogen) atoms. The fraction of sp³-hybridized carbons (Fsp3) is 0.650. The summed E-state index contributed by atoms with van der Waals surface area (Å²) in [6.07, 6.45) is -6.60. The highest BCUT2D eigenvalue weighted by atomic mass is 35.5. The average Bonchev–Trinajstić information content (AvgIpc) is 3.27. The SMILES string of the molecule is CC[C@H](C)[C@@H]1NC(=O)[C@H](Cc2ccc(O)c(Cl)c2)N(C)C(=O)[C@H]([C@@H](C)CC)N2C(=O)[C@H](CC[C@H]2O)NC(=O)[C@H](CCCN=C(N)N)NC(=O)[C@@H](NC(=O)[C@H](COS(=O)(=O)O)OS(=O)(=O)O)[C@@H](C)OC1=O. The number of phenols is 1. The molecule has 2 bridgehead atoms. The summed E-state index contributed by atoms with van der Waals surface area (Å²) in [5.41, 5.74) is 11.2. The Hall–Kier alpha value is -5.43. The molecular formula is C40H62ClN9O18S2. The number of phenolic OH excluding ortho intramolecular Hbond substituents is 1. The van der Waals surface area contributed by atoms with E-state index in [0.717, 1.165) is 16.7 Å². The van der Waals surface area contributed by atoms with Gasteiger partial charge in [-0.25, -0.2) is 13.2 Å². The second-order valence-electron chi connectivity index (χ2n) is 16.9. The highest BCUT2D eigenvalue weighted by molar-refractivity contribution is 7.81. The van der Waals surface area contributed by atoms with E-state index in [1.54, 1.807) is 27.7 Å². The number of likely N-dealkylation sites (N-methyl/N-ethyl adjacent to an activating group) is 1. The van der Waals surface area contributed by atoms with Gasteiger partial charge < -0.3 is 57.5 Å². The number of cyclic esters (lactones) is 1. The Morgan fingerprint density at radius 2 is 1.60 bits per heavy atom. The van der Waals surface area contributed by atoms with Crippen LogP contribution in [-0.4, -0.2) is 168 Å². The van der Waals surface area contributed by atoms with E-state index < -0.39 is 135 Å². The molecule has 12 N–H and O–H groups in total. The average molecular weight is 1060 g/mol. The van der Waals surface area contributed by atoms with Gasteiger partial charge in [0.2, 0.25) is 29.5 Å². The Morgan fingerprint density at radius 3 is 2.17 bits per heavy atom. The molecule has 1 aromatic carbocycles. The van der Waals surface area contributed by atoms with Gasteiger partial charge in [0, 0.05) is 20.0 Å². The second-order valence-corrected chi connectivity index (χ2v) is 19.4. The minimum atomic E-state index is -5.60. The fourth-order valence-electron chi connectivity index (χ4n) is 7.52. The molecule has 6 amide bonds. The fourth-order valence-corrected chi connectivity index (χ4v) is 8.46. The monoisotopic (exact) mass is 1060 g/mol. The number of guanidine groups is 1. The Kier molecular flexibility index (Phi) is 21.5. The molecule has 0 aromatic heterocycles. The quantitative estimate of drug-likeness (QED) is 0.0259. The van der Waals surface area contributed by atoms with Crippen molar-refractivity contribution in [1.29, 1.82) is 0 Å². The van der Waals surface area contributed by atoms with Crippen LogP contribution in [0.3, 0.4) is 0 Å². The molecule has 27 nitrogen and oxygen atoms in total. The molecule has 2 aliphatic heterocycles. The summed E-state index contributed by atoms with van der Waals surface area (Å²) < 4.78 is 78.6. The molecule has 0 aliphatic carbocycles. The number of hydrogen-bond acceptors (Lipinski definition) is 17. The lowest BCUT2D eigenvalue weighted by atomic mass is 9.91. The summed E-state index contributed by atoms with van der Waals surface area (Å²) in [7, 11) is -9.72. The number of amides is 6. The zero-order valence-corrected chi connectivity index (χ0v) is 41.5. The summed E-state index contributed by atoms with van der Waals surface area (Å²) in [4.78, 5) is 106. The number of ether oxygens (including phenoxy) is 1. The Labute approximate surface area is 409 Å². The number of aliphatic imine (C=N–C) groups is 1. The maximum Gasteiger partial charge on any atom is 0.398 e. The first-order valence-electron chi connectivity index (χ1n) is 22.0. The molecule has 11 atom stereocenters. The largest absolute Gasteiger partial charge is 0.506 e. The smallest absolute Gasteiger partial charge is 0.398 e. The van der Waals surface area contributed by atoms with Crippen LogP contribution in [-0.2, 0) is 73.9 Å².